The van der Waals surface area contributed by atoms with Gasteiger partial charge in [-0.2, -0.15) is 22.9 Å². The van der Waals surface area contributed by atoms with Gasteiger partial charge in [0.05, 0.1) is 27.8 Å². The molecule has 22 rings (SSSR count). The van der Waals surface area contributed by atoms with Gasteiger partial charge in [-0.25, -0.2) is 0 Å². The third kappa shape index (κ3) is 14.4. The highest BCUT2D eigenvalue weighted by molar-refractivity contribution is 6.23. The molecular weight excluding hydrogens is 1390 g/mol. The van der Waals surface area contributed by atoms with Crippen LogP contribution in [0.3, 0.4) is 0 Å². The zero-order valence-electron chi connectivity index (χ0n) is 63.4. The Morgan fingerprint density at radius 3 is 1.21 bits per heavy atom. The van der Waals surface area contributed by atoms with E-state index in [1.54, 1.807) is 0 Å². The Bertz CT molecular complexity index is 6320. The summed E-state index contributed by atoms with van der Waals surface area (Å²) in [6.07, 6.45) is 14.5. The van der Waals surface area contributed by atoms with Gasteiger partial charge in [0.15, 0.2) is 36.9 Å². The van der Waals surface area contributed by atoms with Crippen LogP contribution in [0.2, 0.25) is 0 Å². The van der Waals surface area contributed by atoms with Crippen molar-refractivity contribution in [2.75, 3.05) is 33.7 Å². The van der Waals surface area contributed by atoms with Gasteiger partial charge in [0.2, 0.25) is 28.4 Å². The molecule has 0 spiro atoms. The van der Waals surface area contributed by atoms with Crippen molar-refractivity contribution in [3.05, 3.63) is 383 Å². The lowest BCUT2D eigenvalue weighted by molar-refractivity contribution is -0.476. The van der Waals surface area contributed by atoms with E-state index in [9.17, 15) is 4.79 Å². The molecule has 11 nitrogen and oxygen atoms in total. The zero-order chi connectivity index (χ0) is 76.2. The summed E-state index contributed by atoms with van der Waals surface area (Å²) in [6, 6.07) is 112. The first-order valence-electron chi connectivity index (χ1n) is 38.7. The SMILES string of the molecule is C1=[N+](c2ccccc2)COc2c1cc1ccccc1c2-c1ccccc1.C1=[N+](c2ccccc2)COc2c1ccc1ccccc21.CC1(C)CCCc2ccc3c(c21)OC[N+](c1ccccc1)=C3.Cc1c2c(cc3ccccc13)C=[N+](c1ccccc1)CO2.O=C1c2ccccc2-c2c1ccc1c2OC[N+](c2ccccc2)=C1. The number of hydrogen-bond donors (Lipinski definition) is 0. The Morgan fingerprint density at radius 2 is 0.673 bits per heavy atom. The van der Waals surface area contributed by atoms with Crippen molar-refractivity contribution in [3.8, 4) is 51.0 Å². The molecule has 0 fully saturated rings. The monoisotopic (exact) mass is 1470 g/mol. The molecule has 2 aliphatic carbocycles. The first kappa shape index (κ1) is 70.8. The van der Waals surface area contributed by atoms with Gasteiger partial charge >= 0.3 is 0 Å². The minimum Gasteiger partial charge on any atom is -0.435 e. The van der Waals surface area contributed by atoms with E-state index in [2.05, 4.69) is 293 Å². The summed E-state index contributed by atoms with van der Waals surface area (Å²) < 4.78 is 41.2. The molecule has 0 saturated carbocycles. The number of rotatable bonds is 6. The van der Waals surface area contributed by atoms with Crippen LogP contribution in [-0.4, -0.2) is 93.4 Å². The summed E-state index contributed by atoms with van der Waals surface area (Å²) in [5.41, 5.74) is 21.3. The largest absolute Gasteiger partial charge is 0.435 e. The number of benzene rings is 15. The predicted molar refractivity (Wildman–Crippen MR) is 455 cm³/mol. The lowest BCUT2D eigenvalue weighted by atomic mass is 9.71. The Morgan fingerprint density at radius 1 is 0.301 bits per heavy atom. The van der Waals surface area contributed by atoms with E-state index >= 15 is 0 Å². The van der Waals surface area contributed by atoms with Gasteiger partial charge in [-0.15, -0.1) is 0 Å². The van der Waals surface area contributed by atoms with Gasteiger partial charge in [0, 0.05) is 99.4 Å². The maximum Gasteiger partial charge on any atom is 0.292 e. The number of fused-ring (bicyclic) bond motifs is 15. The van der Waals surface area contributed by atoms with Crippen LogP contribution in [0.25, 0.3) is 54.6 Å². The smallest absolute Gasteiger partial charge is 0.292 e. The van der Waals surface area contributed by atoms with Crippen LogP contribution in [0.1, 0.15) is 87.1 Å². The minimum absolute atomic E-state index is 0.0810. The average Bonchev–Trinajstić information content (AvgIpc) is 1.66. The van der Waals surface area contributed by atoms with E-state index in [-0.39, 0.29) is 11.2 Å². The molecule has 7 aliphatic rings. The Hall–Kier alpha value is -13.9. The molecule has 0 bridgehead atoms. The molecule has 0 saturated heterocycles. The van der Waals surface area contributed by atoms with Crippen LogP contribution in [0.15, 0.2) is 328 Å². The fourth-order valence-electron chi connectivity index (χ4n) is 16.4. The fourth-order valence-corrected chi connectivity index (χ4v) is 16.4. The first-order valence-corrected chi connectivity index (χ1v) is 38.7. The summed E-state index contributed by atoms with van der Waals surface area (Å²) in [5.74, 6) is 4.93. The number of nitrogens with zero attached hydrogens (tertiary/aromatic N) is 5. The predicted octanol–water partition coefficient (Wildman–Crippen LogP) is 22.3. The molecular formula is C102H84N5O6+5. The quantitative estimate of drug-likeness (QED) is 0.154. The Labute approximate surface area is 658 Å². The van der Waals surface area contributed by atoms with E-state index in [1.165, 1.54) is 90.6 Å². The number of ketones is 1. The minimum atomic E-state index is 0.0810. The van der Waals surface area contributed by atoms with Crippen molar-refractivity contribution < 1.29 is 51.4 Å². The van der Waals surface area contributed by atoms with Crippen molar-refractivity contribution in [2.24, 2.45) is 0 Å². The highest BCUT2D eigenvalue weighted by Crippen LogP contribution is 2.47. The number of aryl methyl sites for hydroxylation is 2. The second-order valence-corrected chi connectivity index (χ2v) is 29.7. The van der Waals surface area contributed by atoms with Gasteiger partial charge in [-0.1, -0.05) is 244 Å². The van der Waals surface area contributed by atoms with Gasteiger partial charge in [0.25, 0.3) is 33.7 Å². The summed E-state index contributed by atoms with van der Waals surface area (Å²) in [5, 5.41) is 7.35. The summed E-state index contributed by atoms with van der Waals surface area (Å²) in [6.45, 7) is 9.45. The number of carbonyl (C=O) groups is 1. The average molecular weight is 1480 g/mol. The molecule has 5 heterocycles. The van der Waals surface area contributed by atoms with Crippen LogP contribution in [0.5, 0.6) is 28.7 Å². The van der Waals surface area contributed by atoms with Gasteiger partial charge in [-0.05, 0) is 112 Å². The molecule has 0 amide bonds. The maximum absolute atomic E-state index is 12.6. The molecule has 0 unspecified atom stereocenters. The lowest BCUT2D eigenvalue weighted by Crippen LogP contribution is -2.29. The normalized spacial score (nSPS) is 14.6. The molecule has 0 aromatic heterocycles. The van der Waals surface area contributed by atoms with E-state index < -0.39 is 0 Å². The lowest BCUT2D eigenvalue weighted by Gasteiger charge is -2.35. The standard InChI is InChI=1S/C24H18NO.C21H14NO2.C20H22NO.C19H16NO.C18H14NO/c1-3-9-18(10-4-1)23-22-14-8-7-11-19(22)15-20-16-25(17-26-24(20)23)21-12-5-2-6-13-21;23-20-17-9-5-4-8-16(17)19-18(20)11-10-14-12-22(13-24-21(14)19)15-6-2-1-3-7-15;1-20(2)12-6-7-15-10-11-16-13-21(14-22-19(16)18(15)20)17-8-4-3-5-9-17;1-14-18-10-6-5-7-15(18)11-16-12-20(13-21-19(14)16)17-8-3-2-4-9-17;1-2-7-16(8-3-1)19-12-15-11-10-14-6-4-5-9-17(14)18(15)20-13-19/h1-16H,17H2;1-12H,13H2;3-5,8-11,13H,6-7,12,14H2,1-2H3;2-12H,13H2,1H3;1-12H,13H2/q5*+1. The third-order valence-corrected chi connectivity index (χ3v) is 22.0. The van der Waals surface area contributed by atoms with E-state index in [0.29, 0.717) is 33.7 Å². The van der Waals surface area contributed by atoms with Crippen molar-refractivity contribution in [1.82, 2.24) is 0 Å². The van der Waals surface area contributed by atoms with E-state index in [0.717, 1.165) is 96.0 Å². The van der Waals surface area contributed by atoms with Crippen molar-refractivity contribution in [3.63, 3.8) is 0 Å². The van der Waals surface area contributed by atoms with Crippen LogP contribution in [0.4, 0.5) is 28.4 Å². The Kier molecular flexibility index (Phi) is 19.6. The number of para-hydroxylation sites is 5. The number of hydrogen-bond acceptors (Lipinski definition) is 6. The molecule has 0 atom stereocenters. The molecule has 0 radical (unpaired) electrons. The van der Waals surface area contributed by atoms with Crippen molar-refractivity contribution >= 4 is 97.6 Å². The fraction of sp³-hybridized carbons (Fsp3) is 0.118. The van der Waals surface area contributed by atoms with E-state index in [1.807, 2.05) is 109 Å². The van der Waals surface area contributed by atoms with Crippen LogP contribution in [0, 0.1) is 6.92 Å². The zero-order valence-corrected chi connectivity index (χ0v) is 63.4. The van der Waals surface area contributed by atoms with Crippen molar-refractivity contribution in [2.45, 2.75) is 45.4 Å². The molecule has 548 valence electrons. The summed E-state index contributed by atoms with van der Waals surface area (Å²) in [4.78, 5) is 12.6. The van der Waals surface area contributed by atoms with Gasteiger partial charge < -0.3 is 23.7 Å². The van der Waals surface area contributed by atoms with Crippen LogP contribution in [-0.2, 0) is 11.8 Å². The topological polar surface area (TPSA) is 78.3 Å². The highest BCUT2D eigenvalue weighted by Gasteiger charge is 2.36. The molecule has 5 aliphatic heterocycles. The molecule has 0 N–H and O–H groups in total. The molecule has 11 heteroatoms. The molecule has 15 aromatic carbocycles. The summed E-state index contributed by atoms with van der Waals surface area (Å²) >= 11 is 0. The molecule has 113 heavy (non-hydrogen) atoms. The third-order valence-electron chi connectivity index (χ3n) is 22.0. The van der Waals surface area contributed by atoms with Crippen molar-refractivity contribution in [1.29, 1.82) is 0 Å². The first-order chi connectivity index (χ1) is 55.6. The molecule has 15 aromatic rings. The number of ether oxygens (including phenoxy) is 5. The van der Waals surface area contributed by atoms with Gasteiger partial charge in [-0.3, -0.25) is 4.79 Å². The van der Waals surface area contributed by atoms with Gasteiger partial charge in [0.1, 0.15) is 28.7 Å². The highest BCUT2D eigenvalue weighted by atomic mass is 16.5. The van der Waals surface area contributed by atoms with Crippen LogP contribution >= 0.6 is 0 Å². The number of carbonyl (C=O) groups excluding carboxylic acids is 1. The Balaban J connectivity index is 0.0000000987. The maximum atomic E-state index is 12.6. The van der Waals surface area contributed by atoms with E-state index in [4.69, 9.17) is 23.7 Å². The second-order valence-electron chi connectivity index (χ2n) is 29.7. The second kappa shape index (κ2) is 31.2. The van der Waals surface area contributed by atoms with Crippen LogP contribution < -0.4 is 23.7 Å². The summed E-state index contributed by atoms with van der Waals surface area (Å²) in [7, 11) is 0.